The molecule has 0 atom stereocenters. The summed E-state index contributed by atoms with van der Waals surface area (Å²) < 4.78 is 18.3. The Labute approximate surface area is 89.1 Å². The molecule has 0 aliphatic carbocycles. The minimum absolute atomic E-state index is 0.000166. The molecular formula is C12H15FO2. The smallest absolute Gasteiger partial charge is 0.188 e. The number of benzene rings is 1. The first kappa shape index (κ1) is 11.9. The fraction of sp³-hybridized carbons (Fsp3) is 0.417. The molecule has 0 heterocycles. The molecule has 0 aliphatic rings. The second kappa shape index (κ2) is 5.03. The van der Waals surface area contributed by atoms with E-state index in [-0.39, 0.29) is 24.3 Å². The van der Waals surface area contributed by atoms with Gasteiger partial charge in [-0.1, -0.05) is 12.1 Å². The summed E-state index contributed by atoms with van der Waals surface area (Å²) >= 11 is 0. The Morgan fingerprint density at radius 3 is 2.67 bits per heavy atom. The second-order valence-corrected chi connectivity index (χ2v) is 3.75. The molecular weight excluding hydrogens is 195 g/mol. The maximum Gasteiger partial charge on any atom is 0.188 e. The number of hydrogen-bond donors (Lipinski definition) is 0. The van der Waals surface area contributed by atoms with Gasteiger partial charge < -0.3 is 4.74 Å². The molecule has 1 aromatic rings. The lowest BCUT2D eigenvalue weighted by molar-refractivity contribution is 0.0584. The maximum atomic E-state index is 13.1. The van der Waals surface area contributed by atoms with Crippen LogP contribution in [0, 0.1) is 12.7 Å². The summed E-state index contributed by atoms with van der Waals surface area (Å²) in [4.78, 5) is 11.5. The average molecular weight is 210 g/mol. The van der Waals surface area contributed by atoms with E-state index in [4.69, 9.17) is 4.74 Å². The number of Topliss-reactive ketones (excluding diaryl/α,β-unsaturated/α-hetero) is 1. The van der Waals surface area contributed by atoms with Crippen LogP contribution in [-0.2, 0) is 4.74 Å². The van der Waals surface area contributed by atoms with Gasteiger partial charge in [0.2, 0.25) is 0 Å². The van der Waals surface area contributed by atoms with E-state index in [9.17, 15) is 9.18 Å². The molecule has 0 saturated heterocycles. The predicted octanol–water partition coefficient (Wildman–Crippen LogP) is 2.74. The van der Waals surface area contributed by atoms with Crippen LogP contribution < -0.4 is 0 Å². The largest absolute Gasteiger partial charge is 0.371 e. The molecule has 15 heavy (non-hydrogen) atoms. The highest BCUT2D eigenvalue weighted by atomic mass is 19.1. The van der Waals surface area contributed by atoms with Crippen LogP contribution in [0.1, 0.15) is 29.8 Å². The van der Waals surface area contributed by atoms with Gasteiger partial charge in [0.05, 0.1) is 6.10 Å². The van der Waals surface area contributed by atoms with E-state index in [1.165, 1.54) is 6.07 Å². The first-order chi connectivity index (χ1) is 7.00. The molecule has 0 radical (unpaired) electrons. The van der Waals surface area contributed by atoms with Crippen molar-refractivity contribution in [3.8, 4) is 0 Å². The van der Waals surface area contributed by atoms with E-state index in [0.29, 0.717) is 11.1 Å². The zero-order chi connectivity index (χ0) is 11.4. The summed E-state index contributed by atoms with van der Waals surface area (Å²) in [5.41, 5.74) is 0.898. The number of rotatable bonds is 4. The quantitative estimate of drug-likeness (QED) is 0.714. The van der Waals surface area contributed by atoms with E-state index in [0.717, 1.165) is 0 Å². The van der Waals surface area contributed by atoms with Gasteiger partial charge in [0, 0.05) is 5.56 Å². The Bertz CT molecular complexity index is 359. The van der Waals surface area contributed by atoms with E-state index in [1.807, 2.05) is 13.8 Å². The van der Waals surface area contributed by atoms with E-state index >= 15 is 0 Å². The molecule has 2 nitrogen and oxygen atoms in total. The molecule has 0 aromatic heterocycles. The van der Waals surface area contributed by atoms with Crippen LogP contribution in [-0.4, -0.2) is 18.5 Å². The lowest BCUT2D eigenvalue weighted by Gasteiger charge is -2.07. The second-order valence-electron chi connectivity index (χ2n) is 3.75. The van der Waals surface area contributed by atoms with Gasteiger partial charge in [-0.15, -0.1) is 0 Å². The summed E-state index contributed by atoms with van der Waals surface area (Å²) in [7, 11) is 0. The van der Waals surface area contributed by atoms with Crippen molar-refractivity contribution in [1.29, 1.82) is 0 Å². The van der Waals surface area contributed by atoms with Gasteiger partial charge in [-0.3, -0.25) is 4.79 Å². The minimum atomic E-state index is -0.356. The predicted molar refractivity (Wildman–Crippen MR) is 56.6 cm³/mol. The highest BCUT2D eigenvalue weighted by Gasteiger charge is 2.09. The third kappa shape index (κ3) is 3.44. The van der Waals surface area contributed by atoms with Gasteiger partial charge in [0.15, 0.2) is 5.78 Å². The number of aryl methyl sites for hydroxylation is 1. The summed E-state index contributed by atoms with van der Waals surface area (Å²) in [5.74, 6) is -0.548. The van der Waals surface area contributed by atoms with Crippen molar-refractivity contribution in [3.05, 3.63) is 35.1 Å². The number of halogens is 1. The van der Waals surface area contributed by atoms with Gasteiger partial charge in [-0.25, -0.2) is 4.39 Å². The van der Waals surface area contributed by atoms with Crippen LogP contribution in [0.4, 0.5) is 4.39 Å². The van der Waals surface area contributed by atoms with Crippen molar-refractivity contribution in [1.82, 2.24) is 0 Å². The third-order valence-corrected chi connectivity index (χ3v) is 2.04. The monoisotopic (exact) mass is 210 g/mol. The Hall–Kier alpha value is -1.22. The van der Waals surface area contributed by atoms with Gasteiger partial charge >= 0.3 is 0 Å². The molecule has 3 heteroatoms. The third-order valence-electron chi connectivity index (χ3n) is 2.04. The van der Waals surface area contributed by atoms with Crippen LogP contribution in [0.3, 0.4) is 0 Å². The van der Waals surface area contributed by atoms with Crippen molar-refractivity contribution in [2.75, 3.05) is 6.61 Å². The first-order valence-electron chi connectivity index (χ1n) is 4.91. The van der Waals surface area contributed by atoms with E-state index < -0.39 is 0 Å². The lowest BCUT2D eigenvalue weighted by atomic mass is 10.1. The Kier molecular flexibility index (Phi) is 3.97. The van der Waals surface area contributed by atoms with Gasteiger partial charge in [0.1, 0.15) is 12.4 Å². The van der Waals surface area contributed by atoms with Gasteiger partial charge in [-0.05, 0) is 32.4 Å². The topological polar surface area (TPSA) is 26.3 Å². The Morgan fingerprint density at radius 2 is 2.13 bits per heavy atom. The fourth-order valence-electron chi connectivity index (χ4n) is 1.09. The molecule has 0 unspecified atom stereocenters. The zero-order valence-corrected chi connectivity index (χ0v) is 9.21. The maximum absolute atomic E-state index is 13.1. The summed E-state index contributed by atoms with van der Waals surface area (Å²) in [6.07, 6.45) is 0.00393. The number of hydrogen-bond acceptors (Lipinski definition) is 2. The molecule has 1 aromatic carbocycles. The summed E-state index contributed by atoms with van der Waals surface area (Å²) in [6, 6.07) is 4.46. The molecule has 0 spiro atoms. The number of ether oxygens (including phenoxy) is 1. The first-order valence-corrected chi connectivity index (χ1v) is 4.91. The molecule has 82 valence electrons. The van der Waals surface area contributed by atoms with Crippen molar-refractivity contribution in [2.45, 2.75) is 26.9 Å². The zero-order valence-electron chi connectivity index (χ0n) is 9.21. The van der Waals surface area contributed by atoms with Gasteiger partial charge in [0.25, 0.3) is 0 Å². The number of carbonyl (C=O) groups excluding carboxylic acids is 1. The number of carbonyl (C=O) groups is 1. The van der Waals surface area contributed by atoms with Crippen LogP contribution >= 0.6 is 0 Å². The van der Waals surface area contributed by atoms with Crippen LogP contribution in [0.15, 0.2) is 18.2 Å². The van der Waals surface area contributed by atoms with Crippen LogP contribution in [0.5, 0.6) is 0 Å². The number of ketones is 1. The van der Waals surface area contributed by atoms with Crippen molar-refractivity contribution in [3.63, 3.8) is 0 Å². The van der Waals surface area contributed by atoms with Crippen molar-refractivity contribution in [2.24, 2.45) is 0 Å². The summed E-state index contributed by atoms with van der Waals surface area (Å²) in [6.45, 7) is 5.36. The van der Waals surface area contributed by atoms with Gasteiger partial charge in [-0.2, -0.15) is 0 Å². The van der Waals surface area contributed by atoms with Crippen molar-refractivity contribution < 1.29 is 13.9 Å². The molecule has 0 N–H and O–H groups in total. The van der Waals surface area contributed by atoms with E-state index in [1.54, 1.807) is 19.1 Å². The molecule has 0 fully saturated rings. The fourth-order valence-corrected chi connectivity index (χ4v) is 1.09. The highest BCUT2D eigenvalue weighted by molar-refractivity contribution is 5.97. The summed E-state index contributed by atoms with van der Waals surface area (Å²) in [5, 5.41) is 0. The standard InChI is InChI=1S/C12H15FO2/c1-8(2)15-7-12(14)10-5-4-9(3)11(13)6-10/h4-6,8H,7H2,1-3H3. The average Bonchev–Trinajstić information content (AvgIpc) is 2.18. The minimum Gasteiger partial charge on any atom is -0.371 e. The van der Waals surface area contributed by atoms with Crippen LogP contribution in [0.25, 0.3) is 0 Å². The molecule has 0 amide bonds. The molecule has 1 rings (SSSR count). The van der Waals surface area contributed by atoms with Crippen molar-refractivity contribution >= 4 is 5.78 Å². The Balaban J connectivity index is 2.70. The molecule has 0 bridgehead atoms. The highest BCUT2D eigenvalue weighted by Crippen LogP contribution is 2.10. The normalized spacial score (nSPS) is 10.7. The molecule has 0 aliphatic heterocycles. The molecule has 0 saturated carbocycles. The Morgan fingerprint density at radius 1 is 1.47 bits per heavy atom. The lowest BCUT2D eigenvalue weighted by Crippen LogP contribution is -2.13. The van der Waals surface area contributed by atoms with Crippen LogP contribution in [0.2, 0.25) is 0 Å². The SMILES string of the molecule is Cc1ccc(C(=O)COC(C)C)cc1F. The van der Waals surface area contributed by atoms with E-state index in [2.05, 4.69) is 0 Å².